The van der Waals surface area contributed by atoms with Crippen LogP contribution >= 0.6 is 11.6 Å². The molecule has 2 aliphatic rings. The van der Waals surface area contributed by atoms with Crippen molar-refractivity contribution in [2.24, 2.45) is 5.92 Å². The van der Waals surface area contributed by atoms with Gasteiger partial charge in [-0.25, -0.2) is 0 Å². The summed E-state index contributed by atoms with van der Waals surface area (Å²) in [6.45, 7) is 6.07. The van der Waals surface area contributed by atoms with Crippen molar-refractivity contribution in [1.82, 2.24) is 4.90 Å². The fourth-order valence-electron chi connectivity index (χ4n) is 4.90. The normalized spacial score (nSPS) is 22.6. The number of carbonyl (C=O) groups is 2. The lowest BCUT2D eigenvalue weighted by Gasteiger charge is -2.36. The number of halogens is 1. The highest BCUT2D eigenvalue weighted by Crippen LogP contribution is 2.46. The first kappa shape index (κ1) is 24.2. The number of aliphatic hydroxyl groups excluding tert-OH is 1. The predicted molar refractivity (Wildman–Crippen MR) is 132 cm³/mol. The van der Waals surface area contributed by atoms with E-state index in [2.05, 4.69) is 6.58 Å². The SMILES string of the molecule is C=CCN1C(=O)[C@@](O)([C@@H](C)/C=C/CC(=O)N2Cc3ccccc3C[C@H]2CO)c2cc(Cl)ccc21. The number of carbonyl (C=O) groups excluding carboxylic acids is 2. The molecule has 0 fully saturated rings. The number of hydrogen-bond acceptors (Lipinski definition) is 4. The zero-order chi connectivity index (χ0) is 24.5. The number of hydrogen-bond donors (Lipinski definition) is 2. The molecule has 6 nitrogen and oxygen atoms in total. The Bertz CT molecular complexity index is 1150. The minimum atomic E-state index is -1.79. The van der Waals surface area contributed by atoms with Crippen LogP contribution in [0.4, 0.5) is 5.69 Å². The highest BCUT2D eigenvalue weighted by Gasteiger charge is 2.52. The van der Waals surface area contributed by atoms with E-state index >= 15 is 0 Å². The number of amides is 2. The van der Waals surface area contributed by atoms with Crippen LogP contribution in [-0.4, -0.2) is 46.1 Å². The number of benzene rings is 2. The molecule has 0 aromatic heterocycles. The summed E-state index contributed by atoms with van der Waals surface area (Å²) in [5.41, 5.74) is 1.49. The van der Waals surface area contributed by atoms with Crippen molar-refractivity contribution in [1.29, 1.82) is 0 Å². The Kier molecular flexibility index (Phi) is 6.94. The van der Waals surface area contributed by atoms with Gasteiger partial charge in [-0.15, -0.1) is 6.58 Å². The van der Waals surface area contributed by atoms with Crippen LogP contribution in [0.25, 0.3) is 0 Å². The molecule has 3 atom stereocenters. The zero-order valence-electron chi connectivity index (χ0n) is 19.2. The van der Waals surface area contributed by atoms with Gasteiger partial charge in [0, 0.05) is 36.0 Å². The van der Waals surface area contributed by atoms with Crippen LogP contribution in [0.3, 0.4) is 0 Å². The van der Waals surface area contributed by atoms with Gasteiger partial charge in [-0.2, -0.15) is 0 Å². The van der Waals surface area contributed by atoms with E-state index in [9.17, 15) is 19.8 Å². The van der Waals surface area contributed by atoms with Gasteiger partial charge in [-0.05, 0) is 35.7 Å². The maximum atomic E-state index is 13.2. The topological polar surface area (TPSA) is 81.1 Å². The summed E-state index contributed by atoms with van der Waals surface area (Å²) < 4.78 is 0. The molecule has 2 aliphatic heterocycles. The molecular formula is C27H29ClN2O4. The molecule has 2 aromatic carbocycles. The first-order chi connectivity index (χ1) is 16.3. The van der Waals surface area contributed by atoms with Gasteiger partial charge in [0.15, 0.2) is 5.60 Å². The molecule has 7 heteroatoms. The Hall–Kier alpha value is -2.93. The van der Waals surface area contributed by atoms with E-state index in [1.165, 1.54) is 4.90 Å². The number of fused-ring (bicyclic) bond motifs is 2. The van der Waals surface area contributed by atoms with Crippen LogP contribution in [0, 0.1) is 5.92 Å². The van der Waals surface area contributed by atoms with Crippen LogP contribution in [0.5, 0.6) is 0 Å². The van der Waals surface area contributed by atoms with E-state index in [1.54, 1.807) is 48.3 Å². The summed E-state index contributed by atoms with van der Waals surface area (Å²) in [5, 5.41) is 21.8. The van der Waals surface area contributed by atoms with Gasteiger partial charge >= 0.3 is 0 Å². The second-order valence-electron chi connectivity index (χ2n) is 8.88. The maximum Gasteiger partial charge on any atom is 0.264 e. The molecule has 0 unspecified atom stereocenters. The van der Waals surface area contributed by atoms with Crippen molar-refractivity contribution < 1.29 is 19.8 Å². The fraction of sp³-hybridized carbons (Fsp3) is 0.333. The molecule has 4 rings (SSSR count). The summed E-state index contributed by atoms with van der Waals surface area (Å²) in [6, 6.07) is 12.7. The lowest BCUT2D eigenvalue weighted by atomic mass is 9.83. The minimum absolute atomic E-state index is 0.103. The molecule has 2 heterocycles. The third-order valence-electron chi connectivity index (χ3n) is 6.81. The summed E-state index contributed by atoms with van der Waals surface area (Å²) in [5.74, 6) is -1.16. The van der Waals surface area contributed by atoms with Gasteiger partial charge in [-0.3, -0.25) is 9.59 Å². The van der Waals surface area contributed by atoms with Crippen molar-refractivity contribution in [3.8, 4) is 0 Å². The van der Waals surface area contributed by atoms with Crippen LogP contribution < -0.4 is 4.90 Å². The highest BCUT2D eigenvalue weighted by molar-refractivity contribution is 6.31. The van der Waals surface area contributed by atoms with Crippen molar-refractivity contribution in [2.75, 3.05) is 18.1 Å². The number of anilines is 1. The van der Waals surface area contributed by atoms with Crippen LogP contribution in [0.1, 0.15) is 30.0 Å². The van der Waals surface area contributed by atoms with Crippen molar-refractivity contribution in [3.05, 3.63) is 89.0 Å². The van der Waals surface area contributed by atoms with E-state index in [0.29, 0.717) is 29.2 Å². The number of nitrogens with zero attached hydrogens (tertiary/aromatic N) is 2. The number of rotatable bonds is 7. The molecule has 0 aliphatic carbocycles. The lowest BCUT2D eigenvalue weighted by Crippen LogP contribution is -2.46. The first-order valence-electron chi connectivity index (χ1n) is 11.4. The van der Waals surface area contributed by atoms with E-state index in [-0.39, 0.29) is 31.5 Å². The van der Waals surface area contributed by atoms with Gasteiger partial charge in [0.2, 0.25) is 5.91 Å². The molecule has 2 amide bonds. The Balaban J connectivity index is 1.51. The van der Waals surface area contributed by atoms with Gasteiger partial charge in [0.25, 0.3) is 5.91 Å². The van der Waals surface area contributed by atoms with Gasteiger partial charge in [0.05, 0.1) is 18.3 Å². The fourth-order valence-corrected chi connectivity index (χ4v) is 5.07. The average Bonchev–Trinajstić information content (AvgIpc) is 3.05. The highest BCUT2D eigenvalue weighted by atomic mass is 35.5. The average molecular weight is 481 g/mol. The van der Waals surface area contributed by atoms with Gasteiger partial charge in [-0.1, -0.05) is 61.0 Å². The Morgan fingerprint density at radius 2 is 2.03 bits per heavy atom. The quantitative estimate of drug-likeness (QED) is 0.593. The van der Waals surface area contributed by atoms with Crippen LogP contribution in [0.15, 0.2) is 67.3 Å². The molecule has 2 aromatic rings. The molecule has 2 N–H and O–H groups in total. The molecule has 0 saturated heterocycles. The minimum Gasteiger partial charge on any atom is -0.394 e. The monoisotopic (exact) mass is 480 g/mol. The lowest BCUT2D eigenvalue weighted by molar-refractivity contribution is -0.139. The molecule has 0 spiro atoms. The maximum absolute atomic E-state index is 13.2. The smallest absolute Gasteiger partial charge is 0.264 e. The summed E-state index contributed by atoms with van der Waals surface area (Å²) in [4.78, 5) is 29.4. The standard InChI is InChI=1S/C27H29ClN2O4/c1-3-13-29-24-12-11-21(28)15-23(24)27(34,26(29)33)18(2)7-6-10-25(32)30-16-20-9-5-4-8-19(20)14-22(30)17-31/h3-9,11-12,15,18,22,31,34H,1,10,13-14,16-17H2,2H3/b7-6+/t18-,22-,27+/m0/s1. The Labute approximate surface area is 204 Å². The zero-order valence-corrected chi connectivity index (χ0v) is 19.9. The molecule has 178 valence electrons. The van der Waals surface area contributed by atoms with E-state index in [0.717, 1.165) is 11.1 Å². The molecule has 0 saturated carbocycles. The second kappa shape index (κ2) is 9.74. The molecule has 0 bridgehead atoms. The molecule has 0 radical (unpaired) electrons. The predicted octanol–water partition coefficient (Wildman–Crippen LogP) is 3.59. The van der Waals surface area contributed by atoms with Gasteiger partial charge in [0.1, 0.15) is 0 Å². The second-order valence-corrected chi connectivity index (χ2v) is 9.32. The van der Waals surface area contributed by atoms with Crippen molar-refractivity contribution >= 4 is 29.1 Å². The largest absolute Gasteiger partial charge is 0.394 e. The van der Waals surface area contributed by atoms with Crippen LogP contribution in [0.2, 0.25) is 5.02 Å². The molecular weight excluding hydrogens is 452 g/mol. The van der Waals surface area contributed by atoms with E-state index < -0.39 is 17.4 Å². The Morgan fingerprint density at radius 1 is 1.29 bits per heavy atom. The third-order valence-corrected chi connectivity index (χ3v) is 7.04. The Morgan fingerprint density at radius 3 is 2.74 bits per heavy atom. The third kappa shape index (κ3) is 4.17. The van der Waals surface area contributed by atoms with Crippen molar-refractivity contribution in [3.63, 3.8) is 0 Å². The summed E-state index contributed by atoms with van der Waals surface area (Å²) in [7, 11) is 0. The van der Waals surface area contributed by atoms with Gasteiger partial charge < -0.3 is 20.0 Å². The summed E-state index contributed by atoms with van der Waals surface area (Å²) in [6.07, 6.45) is 5.71. The van der Waals surface area contributed by atoms with Crippen molar-refractivity contribution in [2.45, 2.75) is 38.0 Å². The first-order valence-corrected chi connectivity index (χ1v) is 11.8. The summed E-state index contributed by atoms with van der Waals surface area (Å²) >= 11 is 6.17. The van der Waals surface area contributed by atoms with Crippen LogP contribution in [-0.2, 0) is 28.2 Å². The van der Waals surface area contributed by atoms with E-state index in [4.69, 9.17) is 11.6 Å². The molecule has 34 heavy (non-hydrogen) atoms. The van der Waals surface area contributed by atoms with E-state index in [1.807, 2.05) is 24.3 Å². The number of aliphatic hydroxyl groups is 2.